The number of fused-ring (bicyclic) bond motifs is 2. The van der Waals surface area contributed by atoms with Crippen LogP contribution in [0, 0.1) is 6.92 Å². The first-order valence-corrected chi connectivity index (χ1v) is 13.6. The first kappa shape index (κ1) is 24.9. The number of ether oxygens (including phenoxy) is 1. The third-order valence-corrected chi connectivity index (χ3v) is 7.94. The largest absolute Gasteiger partial charge is 0.424 e. The lowest BCUT2D eigenvalue weighted by Crippen LogP contribution is -2.38. The van der Waals surface area contributed by atoms with E-state index in [0.717, 1.165) is 63.3 Å². The highest BCUT2D eigenvalue weighted by atomic mass is 16.5. The number of nitrogens with one attached hydrogen (secondary N) is 1. The molecule has 2 aliphatic rings. The number of carbonyl (C=O) groups is 1. The van der Waals surface area contributed by atoms with Crippen LogP contribution in [0.4, 0.5) is 5.82 Å². The van der Waals surface area contributed by atoms with Crippen LogP contribution < -0.4 is 10.1 Å². The number of benzene rings is 1. The minimum atomic E-state index is -0.0144. The van der Waals surface area contributed by atoms with Crippen molar-refractivity contribution < 1.29 is 9.53 Å². The van der Waals surface area contributed by atoms with Gasteiger partial charge in [0.2, 0.25) is 5.91 Å². The van der Waals surface area contributed by atoms with Crippen LogP contribution in [0.15, 0.2) is 61.8 Å². The molecule has 0 radical (unpaired) electrons. The summed E-state index contributed by atoms with van der Waals surface area (Å²) in [6.45, 7) is 7.49. The number of nitrogens with zero attached hydrogens (tertiary/aromatic N) is 8. The Hall–Kier alpha value is -5.06. The Balaban J connectivity index is 1.28. The predicted molar refractivity (Wildman–Crippen MR) is 154 cm³/mol. The predicted octanol–water partition coefficient (Wildman–Crippen LogP) is 4.66. The van der Waals surface area contributed by atoms with E-state index in [2.05, 4.69) is 48.7 Å². The number of hydrogen-bond donors (Lipinski definition) is 1. The van der Waals surface area contributed by atoms with Crippen LogP contribution in [-0.2, 0) is 18.4 Å². The molecule has 1 N–H and O–H groups in total. The minimum Gasteiger partial charge on any atom is -0.424 e. The molecule has 0 bridgehead atoms. The number of likely N-dealkylation sites (tertiary alicyclic amines) is 1. The molecule has 0 atom stereocenters. The molecule has 0 saturated carbocycles. The third-order valence-electron chi connectivity index (χ3n) is 7.94. The van der Waals surface area contributed by atoms with Gasteiger partial charge in [0.05, 0.1) is 23.3 Å². The molecule has 7 rings (SSSR count). The molecule has 4 aromatic heterocycles. The van der Waals surface area contributed by atoms with Crippen molar-refractivity contribution in [3.05, 3.63) is 73.1 Å². The molecule has 0 aliphatic carbocycles. The summed E-state index contributed by atoms with van der Waals surface area (Å²) in [5, 5.41) is 9.25. The van der Waals surface area contributed by atoms with Crippen LogP contribution >= 0.6 is 0 Å². The highest BCUT2D eigenvalue weighted by molar-refractivity contribution is 6.09. The van der Waals surface area contributed by atoms with Gasteiger partial charge in [0.1, 0.15) is 23.5 Å². The summed E-state index contributed by atoms with van der Waals surface area (Å²) in [5.74, 6) is 1.44. The van der Waals surface area contributed by atoms with Crippen LogP contribution in [0.2, 0.25) is 0 Å². The van der Waals surface area contributed by atoms with Crippen molar-refractivity contribution in [1.82, 2.24) is 39.2 Å². The summed E-state index contributed by atoms with van der Waals surface area (Å²) < 4.78 is 10.2. The summed E-state index contributed by atoms with van der Waals surface area (Å²) in [4.78, 5) is 31.7. The maximum absolute atomic E-state index is 12.0. The van der Waals surface area contributed by atoms with Crippen molar-refractivity contribution in [1.29, 1.82) is 0 Å². The van der Waals surface area contributed by atoms with Gasteiger partial charge in [-0.1, -0.05) is 12.6 Å². The number of rotatable bonds is 5. The SMILES string of the molecule is C=CC(=O)N1CCC(n2cc(-c3c4c5c(ncnc5n3C)NCc3cc(Oc5nccc(C)n5)ccc3-4)cn2)CC1. The maximum Gasteiger partial charge on any atom is 0.322 e. The molecule has 11 nitrogen and oxygen atoms in total. The molecule has 1 fully saturated rings. The van der Waals surface area contributed by atoms with Crippen molar-refractivity contribution in [2.75, 3.05) is 18.4 Å². The van der Waals surface area contributed by atoms with E-state index < -0.39 is 0 Å². The molecule has 11 heteroatoms. The van der Waals surface area contributed by atoms with E-state index >= 15 is 0 Å². The molecule has 0 unspecified atom stereocenters. The zero-order valence-electron chi connectivity index (χ0n) is 22.9. The Morgan fingerprint density at radius 1 is 1.17 bits per heavy atom. The van der Waals surface area contributed by atoms with Crippen LogP contribution in [0.1, 0.15) is 30.1 Å². The highest BCUT2D eigenvalue weighted by Gasteiger charge is 2.28. The van der Waals surface area contributed by atoms with Gasteiger partial charge in [0, 0.05) is 55.9 Å². The van der Waals surface area contributed by atoms with Gasteiger partial charge >= 0.3 is 6.01 Å². The van der Waals surface area contributed by atoms with E-state index in [4.69, 9.17) is 9.84 Å². The Kier molecular flexibility index (Phi) is 5.99. The van der Waals surface area contributed by atoms with E-state index in [-0.39, 0.29) is 11.9 Å². The van der Waals surface area contributed by atoms with Gasteiger partial charge in [-0.3, -0.25) is 9.48 Å². The fourth-order valence-electron chi connectivity index (χ4n) is 5.91. The average Bonchev–Trinajstić information content (AvgIpc) is 3.54. The fourth-order valence-corrected chi connectivity index (χ4v) is 5.91. The van der Waals surface area contributed by atoms with Crippen LogP contribution in [0.25, 0.3) is 33.4 Å². The lowest BCUT2D eigenvalue weighted by atomic mass is 9.96. The lowest BCUT2D eigenvalue weighted by Gasteiger charge is -2.31. The number of aryl methyl sites for hydroxylation is 2. The zero-order chi connectivity index (χ0) is 28.1. The molecule has 206 valence electrons. The third kappa shape index (κ3) is 4.30. The number of piperidine rings is 1. The molecule has 1 saturated heterocycles. The second-order valence-corrected chi connectivity index (χ2v) is 10.4. The molecule has 1 aromatic carbocycles. The molecule has 41 heavy (non-hydrogen) atoms. The maximum atomic E-state index is 12.0. The van der Waals surface area contributed by atoms with Gasteiger partial charge in [0.25, 0.3) is 0 Å². The lowest BCUT2D eigenvalue weighted by molar-refractivity contribution is -0.127. The number of anilines is 1. The Morgan fingerprint density at radius 2 is 2.02 bits per heavy atom. The molecule has 5 aromatic rings. The van der Waals surface area contributed by atoms with Gasteiger partial charge in [-0.15, -0.1) is 0 Å². The summed E-state index contributed by atoms with van der Waals surface area (Å²) in [5.41, 5.74) is 6.90. The highest BCUT2D eigenvalue weighted by Crippen LogP contribution is 2.46. The second-order valence-electron chi connectivity index (χ2n) is 10.4. The van der Waals surface area contributed by atoms with Crippen molar-refractivity contribution in [3.63, 3.8) is 0 Å². The van der Waals surface area contributed by atoms with Crippen molar-refractivity contribution in [3.8, 4) is 34.1 Å². The Labute approximate surface area is 236 Å². The van der Waals surface area contributed by atoms with E-state index in [1.165, 1.54) is 6.08 Å². The standard InChI is InChI=1S/C30H29N9O2/c1-4-24(40)38-11-8-21(9-12-38)39-16-20(15-35-39)27-25-23-6-5-22(41-30-31-10-7-18(2)36-30)13-19(23)14-32-28-26(25)29(37(27)3)34-17-33-28/h4-7,10,13,15-17,21H,1,8-9,11-12,14H2,2-3H3,(H,32,33,34). The van der Waals surface area contributed by atoms with Crippen molar-refractivity contribution in [2.45, 2.75) is 32.4 Å². The van der Waals surface area contributed by atoms with Gasteiger partial charge in [-0.2, -0.15) is 5.10 Å². The van der Waals surface area contributed by atoms with Crippen molar-refractivity contribution >= 4 is 22.8 Å². The van der Waals surface area contributed by atoms with E-state index in [1.807, 2.05) is 47.9 Å². The monoisotopic (exact) mass is 547 g/mol. The van der Waals surface area contributed by atoms with Gasteiger partial charge < -0.3 is 19.5 Å². The van der Waals surface area contributed by atoms with Crippen molar-refractivity contribution in [2.24, 2.45) is 7.05 Å². The van der Waals surface area contributed by atoms with E-state index in [1.54, 1.807) is 12.5 Å². The summed E-state index contributed by atoms with van der Waals surface area (Å²) in [6.07, 6.45) is 10.4. The Morgan fingerprint density at radius 3 is 2.83 bits per heavy atom. The number of hydrogen-bond acceptors (Lipinski definition) is 8. The normalized spacial score (nSPS) is 14.8. The Bertz CT molecular complexity index is 1810. The zero-order valence-corrected chi connectivity index (χ0v) is 22.9. The minimum absolute atomic E-state index is 0.0144. The van der Waals surface area contributed by atoms with Gasteiger partial charge in [-0.25, -0.2) is 19.9 Å². The first-order chi connectivity index (χ1) is 20.0. The van der Waals surface area contributed by atoms with Gasteiger partial charge in [-0.05, 0) is 55.2 Å². The molecular formula is C30H29N9O2. The topological polar surface area (TPSA) is 116 Å². The van der Waals surface area contributed by atoms with E-state index in [0.29, 0.717) is 31.4 Å². The molecule has 1 amide bonds. The van der Waals surface area contributed by atoms with Crippen LogP contribution in [0.3, 0.4) is 0 Å². The fraction of sp³-hybridized carbons (Fsp3) is 0.267. The summed E-state index contributed by atoms with van der Waals surface area (Å²) in [7, 11) is 2.03. The average molecular weight is 548 g/mol. The van der Waals surface area contributed by atoms with Crippen LogP contribution in [-0.4, -0.2) is 58.2 Å². The van der Waals surface area contributed by atoms with Crippen LogP contribution in [0.5, 0.6) is 11.8 Å². The first-order valence-electron chi connectivity index (χ1n) is 13.6. The molecule has 0 spiro atoms. The molecule has 2 aliphatic heterocycles. The molecular weight excluding hydrogens is 518 g/mol. The summed E-state index contributed by atoms with van der Waals surface area (Å²) in [6, 6.07) is 8.43. The molecule has 6 heterocycles. The second kappa shape index (κ2) is 9.84. The van der Waals surface area contributed by atoms with E-state index in [9.17, 15) is 4.79 Å². The smallest absolute Gasteiger partial charge is 0.322 e. The number of amides is 1. The quantitative estimate of drug-likeness (QED) is 0.316. The van der Waals surface area contributed by atoms with Gasteiger partial charge in [0.15, 0.2) is 0 Å². The number of carbonyl (C=O) groups excluding carboxylic acids is 1. The number of aromatic nitrogens is 7. The summed E-state index contributed by atoms with van der Waals surface area (Å²) >= 11 is 0.